The van der Waals surface area contributed by atoms with Crippen LogP contribution in [0.4, 0.5) is 0 Å². The third kappa shape index (κ3) is 4.43. The summed E-state index contributed by atoms with van der Waals surface area (Å²) in [6, 6.07) is 21.5. The molecule has 152 valence electrons. The zero-order valence-electron chi connectivity index (χ0n) is 16.5. The number of nitrogens with one attached hydrogen (secondary N) is 1. The van der Waals surface area contributed by atoms with Gasteiger partial charge in [0.05, 0.1) is 18.2 Å². The summed E-state index contributed by atoms with van der Waals surface area (Å²) in [6.45, 7) is 2.19. The van der Waals surface area contributed by atoms with E-state index in [0.29, 0.717) is 30.9 Å². The lowest BCUT2D eigenvalue weighted by Crippen LogP contribution is -2.50. The highest BCUT2D eigenvalue weighted by Gasteiger charge is 2.19. The molecule has 0 spiro atoms. The van der Waals surface area contributed by atoms with Gasteiger partial charge in [0.2, 0.25) is 5.91 Å². The van der Waals surface area contributed by atoms with Crippen LogP contribution in [0.25, 0.3) is 21.9 Å². The summed E-state index contributed by atoms with van der Waals surface area (Å²) in [7, 11) is 0. The number of hydrogen-bond acceptors (Lipinski definition) is 5. The molecule has 3 aromatic carbocycles. The van der Waals surface area contributed by atoms with Gasteiger partial charge in [-0.05, 0) is 34.7 Å². The SMILES string of the molecule is N#Cc1ccc(-c2ccc(OCC(O)CN3CCNC(=O)C3)c3ccccc23)cc1. The third-order valence-corrected chi connectivity index (χ3v) is 5.23. The van der Waals surface area contributed by atoms with E-state index in [0.717, 1.165) is 28.4 Å². The van der Waals surface area contributed by atoms with Gasteiger partial charge in [-0.15, -0.1) is 0 Å². The zero-order valence-corrected chi connectivity index (χ0v) is 16.5. The first-order chi connectivity index (χ1) is 14.6. The fourth-order valence-electron chi connectivity index (χ4n) is 3.76. The molecule has 0 bridgehead atoms. The highest BCUT2D eigenvalue weighted by Crippen LogP contribution is 2.34. The molecule has 6 nitrogen and oxygen atoms in total. The lowest BCUT2D eigenvalue weighted by Gasteiger charge is -2.28. The Labute approximate surface area is 175 Å². The molecule has 1 amide bonds. The van der Waals surface area contributed by atoms with E-state index in [4.69, 9.17) is 10.00 Å². The third-order valence-electron chi connectivity index (χ3n) is 5.23. The Bertz CT molecular complexity index is 1090. The highest BCUT2D eigenvalue weighted by molar-refractivity contribution is 6.00. The zero-order chi connectivity index (χ0) is 20.9. The van der Waals surface area contributed by atoms with Crippen LogP contribution in [0.5, 0.6) is 5.75 Å². The number of β-amino-alcohol motifs (C(OH)–C–C–N with tert-alkyl or cyclic N) is 1. The molecule has 1 atom stereocenters. The summed E-state index contributed by atoms with van der Waals surface area (Å²) in [5, 5.41) is 24.2. The Morgan fingerprint density at radius 2 is 1.87 bits per heavy atom. The maximum absolute atomic E-state index is 11.5. The van der Waals surface area contributed by atoms with Gasteiger partial charge in [0.15, 0.2) is 0 Å². The molecule has 0 saturated carbocycles. The molecule has 0 radical (unpaired) electrons. The summed E-state index contributed by atoms with van der Waals surface area (Å²) >= 11 is 0. The highest BCUT2D eigenvalue weighted by atomic mass is 16.5. The first-order valence-corrected chi connectivity index (χ1v) is 9.96. The summed E-state index contributed by atoms with van der Waals surface area (Å²) in [4.78, 5) is 13.4. The van der Waals surface area contributed by atoms with Crippen molar-refractivity contribution in [3.8, 4) is 22.9 Å². The molecule has 3 aromatic rings. The van der Waals surface area contributed by atoms with Gasteiger partial charge < -0.3 is 15.2 Å². The van der Waals surface area contributed by atoms with Crippen molar-refractivity contribution in [1.82, 2.24) is 10.2 Å². The Hall–Kier alpha value is -3.40. The maximum atomic E-state index is 11.5. The van der Waals surface area contributed by atoms with Crippen molar-refractivity contribution in [3.05, 3.63) is 66.2 Å². The lowest BCUT2D eigenvalue weighted by atomic mass is 9.97. The van der Waals surface area contributed by atoms with Crippen LogP contribution in [-0.2, 0) is 4.79 Å². The van der Waals surface area contributed by atoms with E-state index >= 15 is 0 Å². The maximum Gasteiger partial charge on any atom is 0.234 e. The van der Waals surface area contributed by atoms with Crippen molar-refractivity contribution >= 4 is 16.7 Å². The molecule has 0 aliphatic carbocycles. The van der Waals surface area contributed by atoms with Crippen LogP contribution in [0.15, 0.2) is 60.7 Å². The fourth-order valence-corrected chi connectivity index (χ4v) is 3.76. The van der Waals surface area contributed by atoms with E-state index in [2.05, 4.69) is 11.4 Å². The van der Waals surface area contributed by atoms with E-state index in [9.17, 15) is 9.90 Å². The number of piperazine rings is 1. The predicted octanol–water partition coefficient (Wildman–Crippen LogP) is 2.55. The summed E-state index contributed by atoms with van der Waals surface area (Å²) in [5.41, 5.74) is 2.71. The molecule has 1 heterocycles. The number of nitriles is 1. The number of nitrogens with zero attached hydrogens (tertiary/aromatic N) is 2. The van der Waals surface area contributed by atoms with Gasteiger partial charge in [0, 0.05) is 25.0 Å². The van der Waals surface area contributed by atoms with Crippen LogP contribution in [-0.4, -0.2) is 54.8 Å². The van der Waals surface area contributed by atoms with Gasteiger partial charge >= 0.3 is 0 Å². The summed E-state index contributed by atoms with van der Waals surface area (Å²) in [5.74, 6) is 0.692. The molecule has 1 aliphatic heterocycles. The Morgan fingerprint density at radius 3 is 2.60 bits per heavy atom. The molecule has 1 fully saturated rings. The first kappa shape index (κ1) is 19.9. The monoisotopic (exact) mass is 401 g/mol. The van der Waals surface area contributed by atoms with Crippen LogP contribution < -0.4 is 10.1 Å². The molecule has 30 heavy (non-hydrogen) atoms. The lowest BCUT2D eigenvalue weighted by molar-refractivity contribution is -0.124. The number of hydrogen-bond donors (Lipinski definition) is 2. The minimum atomic E-state index is -0.687. The second-order valence-corrected chi connectivity index (χ2v) is 7.40. The number of benzene rings is 3. The number of amides is 1. The van der Waals surface area contributed by atoms with Crippen molar-refractivity contribution in [2.24, 2.45) is 0 Å². The molecule has 0 aromatic heterocycles. The number of rotatable bonds is 6. The fraction of sp³-hybridized carbons (Fsp3) is 0.250. The van der Waals surface area contributed by atoms with Crippen molar-refractivity contribution in [2.75, 3.05) is 32.8 Å². The largest absolute Gasteiger partial charge is 0.490 e. The van der Waals surface area contributed by atoms with Crippen LogP contribution >= 0.6 is 0 Å². The number of aliphatic hydroxyl groups is 1. The first-order valence-electron chi connectivity index (χ1n) is 9.96. The van der Waals surface area contributed by atoms with E-state index in [-0.39, 0.29) is 12.5 Å². The van der Waals surface area contributed by atoms with Gasteiger partial charge in [-0.3, -0.25) is 9.69 Å². The van der Waals surface area contributed by atoms with E-state index in [1.165, 1.54) is 0 Å². The summed E-state index contributed by atoms with van der Waals surface area (Å²) < 4.78 is 5.96. The van der Waals surface area contributed by atoms with Gasteiger partial charge in [0.25, 0.3) is 0 Å². The van der Waals surface area contributed by atoms with Crippen LogP contribution in [0.3, 0.4) is 0 Å². The van der Waals surface area contributed by atoms with Crippen molar-refractivity contribution in [2.45, 2.75) is 6.10 Å². The van der Waals surface area contributed by atoms with Gasteiger partial charge in [-0.25, -0.2) is 0 Å². The Kier molecular flexibility index (Phi) is 5.94. The Morgan fingerprint density at radius 1 is 1.10 bits per heavy atom. The molecule has 6 heteroatoms. The standard InChI is InChI=1S/C24H23N3O3/c25-13-17-5-7-18(8-6-17)20-9-10-23(22-4-2-1-3-21(20)22)30-16-19(28)14-27-12-11-26-24(29)15-27/h1-10,19,28H,11-12,14-16H2,(H,26,29). The van der Waals surface area contributed by atoms with E-state index < -0.39 is 6.10 Å². The van der Waals surface area contributed by atoms with Crippen molar-refractivity contribution in [3.63, 3.8) is 0 Å². The molecular weight excluding hydrogens is 378 g/mol. The Balaban J connectivity index is 1.51. The normalized spacial score (nSPS) is 15.4. The molecule has 1 saturated heterocycles. The van der Waals surface area contributed by atoms with Crippen molar-refractivity contribution < 1.29 is 14.6 Å². The smallest absolute Gasteiger partial charge is 0.234 e. The topological polar surface area (TPSA) is 85.6 Å². The second kappa shape index (κ2) is 8.95. The van der Waals surface area contributed by atoms with E-state index in [1.54, 1.807) is 0 Å². The minimum Gasteiger partial charge on any atom is -0.490 e. The quantitative estimate of drug-likeness (QED) is 0.663. The molecule has 1 aliphatic rings. The molecular formula is C24H23N3O3. The number of aliphatic hydroxyl groups excluding tert-OH is 1. The number of ether oxygens (including phenoxy) is 1. The second-order valence-electron chi connectivity index (χ2n) is 7.40. The van der Waals surface area contributed by atoms with E-state index in [1.807, 2.05) is 65.6 Å². The number of carbonyl (C=O) groups is 1. The average molecular weight is 401 g/mol. The van der Waals surface area contributed by atoms with Gasteiger partial charge in [0.1, 0.15) is 18.5 Å². The number of carbonyl (C=O) groups excluding carboxylic acids is 1. The minimum absolute atomic E-state index is 0.0150. The summed E-state index contributed by atoms with van der Waals surface area (Å²) in [6.07, 6.45) is -0.687. The molecule has 2 N–H and O–H groups in total. The van der Waals surface area contributed by atoms with Crippen LogP contribution in [0.2, 0.25) is 0 Å². The molecule has 4 rings (SSSR count). The van der Waals surface area contributed by atoms with Crippen LogP contribution in [0, 0.1) is 11.3 Å². The number of fused-ring (bicyclic) bond motifs is 1. The van der Waals surface area contributed by atoms with Crippen LogP contribution in [0.1, 0.15) is 5.56 Å². The van der Waals surface area contributed by atoms with Gasteiger partial charge in [-0.1, -0.05) is 42.5 Å². The van der Waals surface area contributed by atoms with Gasteiger partial charge in [-0.2, -0.15) is 5.26 Å². The molecule has 1 unspecified atom stereocenters. The average Bonchev–Trinajstić information content (AvgIpc) is 2.77. The predicted molar refractivity (Wildman–Crippen MR) is 115 cm³/mol. The van der Waals surface area contributed by atoms with Crippen molar-refractivity contribution in [1.29, 1.82) is 5.26 Å².